The minimum atomic E-state index is -0.527. The first-order chi connectivity index (χ1) is 9.07. The molecule has 19 heavy (non-hydrogen) atoms. The molecule has 0 aliphatic heterocycles. The highest BCUT2D eigenvalue weighted by Crippen LogP contribution is 2.28. The third kappa shape index (κ3) is 4.68. The summed E-state index contributed by atoms with van der Waals surface area (Å²) >= 11 is 4.75. The summed E-state index contributed by atoms with van der Waals surface area (Å²) in [6.07, 6.45) is 1.80. The van der Waals surface area contributed by atoms with Gasteiger partial charge in [0, 0.05) is 24.1 Å². The first-order valence-corrected chi connectivity index (χ1v) is 7.42. The molecule has 0 fully saturated rings. The van der Waals surface area contributed by atoms with E-state index in [1.54, 1.807) is 23.9 Å². The number of rotatable bonds is 7. The molecule has 0 saturated heterocycles. The third-order valence-electron chi connectivity index (χ3n) is 2.19. The fraction of sp³-hybridized carbons (Fsp3) is 0.250. The van der Waals surface area contributed by atoms with Crippen LogP contribution < -0.4 is 5.32 Å². The Morgan fingerprint density at radius 2 is 2.32 bits per heavy atom. The number of hydrogen-bond acceptors (Lipinski definition) is 4. The Balaban J connectivity index is 2.64. The molecular formula is C12H13BrN2O3S. The highest BCUT2D eigenvalue weighted by atomic mass is 79.9. The number of halogens is 1. The van der Waals surface area contributed by atoms with Crippen LogP contribution in [0.15, 0.2) is 35.3 Å². The number of carbonyl (C=O) groups excluding carboxylic acids is 1. The Kier molecular flexibility index (Phi) is 6.58. The van der Waals surface area contributed by atoms with Crippen molar-refractivity contribution in [3.8, 4) is 0 Å². The lowest BCUT2D eigenvalue weighted by atomic mass is 10.2. The number of thioether (sulfide) groups is 1. The Morgan fingerprint density at radius 1 is 1.58 bits per heavy atom. The van der Waals surface area contributed by atoms with Crippen LogP contribution in [0.1, 0.15) is 10.4 Å². The van der Waals surface area contributed by atoms with Crippen molar-refractivity contribution in [2.24, 2.45) is 0 Å². The molecule has 102 valence electrons. The van der Waals surface area contributed by atoms with E-state index in [4.69, 9.17) is 0 Å². The molecule has 1 aromatic carbocycles. The minimum Gasteiger partial charge on any atom is -0.351 e. The summed E-state index contributed by atoms with van der Waals surface area (Å²) < 4.78 is 0.205. The van der Waals surface area contributed by atoms with Crippen LogP contribution in [0.3, 0.4) is 0 Å². The second-order valence-electron chi connectivity index (χ2n) is 3.52. The fourth-order valence-electron chi connectivity index (χ4n) is 1.33. The summed E-state index contributed by atoms with van der Waals surface area (Å²) in [5, 5.41) is 13.5. The van der Waals surface area contributed by atoms with E-state index in [-0.39, 0.29) is 21.6 Å². The Labute approximate surface area is 123 Å². The SMILES string of the molecule is C=CCSCCNC(=O)c1cccc([N+](=O)[O-])c1Br. The van der Waals surface area contributed by atoms with Gasteiger partial charge in [0.05, 0.1) is 10.5 Å². The maximum atomic E-state index is 11.9. The van der Waals surface area contributed by atoms with Crippen LogP contribution >= 0.6 is 27.7 Å². The summed E-state index contributed by atoms with van der Waals surface area (Å²) in [6.45, 7) is 4.11. The molecule has 0 unspecified atom stereocenters. The third-order valence-corrected chi connectivity index (χ3v) is 3.98. The normalized spacial score (nSPS) is 9.95. The zero-order valence-corrected chi connectivity index (χ0v) is 12.5. The molecule has 0 atom stereocenters. The highest BCUT2D eigenvalue weighted by molar-refractivity contribution is 9.10. The van der Waals surface area contributed by atoms with Crippen molar-refractivity contribution < 1.29 is 9.72 Å². The van der Waals surface area contributed by atoms with Gasteiger partial charge in [-0.25, -0.2) is 0 Å². The lowest BCUT2D eigenvalue weighted by molar-refractivity contribution is -0.385. The number of hydrogen-bond donors (Lipinski definition) is 1. The Morgan fingerprint density at radius 3 is 2.95 bits per heavy atom. The lowest BCUT2D eigenvalue weighted by Crippen LogP contribution is -2.26. The highest BCUT2D eigenvalue weighted by Gasteiger charge is 2.18. The van der Waals surface area contributed by atoms with Crippen LogP contribution in [-0.4, -0.2) is 28.9 Å². The molecule has 0 radical (unpaired) electrons. The number of benzene rings is 1. The van der Waals surface area contributed by atoms with E-state index in [1.165, 1.54) is 12.1 Å². The van der Waals surface area contributed by atoms with Crippen molar-refractivity contribution in [2.75, 3.05) is 18.1 Å². The number of nitrogens with zero attached hydrogens (tertiary/aromatic N) is 1. The van der Waals surface area contributed by atoms with Crippen LogP contribution in [-0.2, 0) is 0 Å². The van der Waals surface area contributed by atoms with Gasteiger partial charge in [-0.05, 0) is 22.0 Å². The van der Waals surface area contributed by atoms with Crippen molar-refractivity contribution in [1.82, 2.24) is 5.32 Å². The van der Waals surface area contributed by atoms with Crippen molar-refractivity contribution in [1.29, 1.82) is 0 Å². The molecule has 0 aliphatic carbocycles. The van der Waals surface area contributed by atoms with E-state index >= 15 is 0 Å². The van der Waals surface area contributed by atoms with Crippen LogP contribution in [0.2, 0.25) is 0 Å². The average Bonchev–Trinajstić information content (AvgIpc) is 2.38. The van der Waals surface area contributed by atoms with Gasteiger partial charge in [0.1, 0.15) is 4.47 Å². The van der Waals surface area contributed by atoms with Crippen LogP contribution in [0.5, 0.6) is 0 Å². The van der Waals surface area contributed by atoms with Crippen LogP contribution in [0.25, 0.3) is 0 Å². The topological polar surface area (TPSA) is 72.2 Å². The number of nitro groups is 1. The quantitative estimate of drug-likeness (QED) is 0.357. The number of carbonyl (C=O) groups is 1. The van der Waals surface area contributed by atoms with Gasteiger partial charge in [-0.2, -0.15) is 11.8 Å². The summed E-state index contributed by atoms with van der Waals surface area (Å²) in [6, 6.07) is 4.38. The van der Waals surface area contributed by atoms with Crippen molar-refractivity contribution in [3.63, 3.8) is 0 Å². The first kappa shape index (κ1) is 15.7. The molecule has 0 aliphatic rings. The minimum absolute atomic E-state index is 0.117. The molecule has 7 heteroatoms. The van der Waals surface area contributed by atoms with E-state index in [9.17, 15) is 14.9 Å². The smallest absolute Gasteiger partial charge is 0.284 e. The van der Waals surface area contributed by atoms with Gasteiger partial charge in [-0.15, -0.1) is 6.58 Å². The average molecular weight is 345 g/mol. The predicted octanol–water partition coefficient (Wildman–Crippen LogP) is 3.01. The van der Waals surface area contributed by atoms with E-state index in [1.807, 2.05) is 0 Å². The molecule has 0 spiro atoms. The molecule has 0 aromatic heterocycles. The van der Waals surface area contributed by atoms with Crippen LogP contribution in [0.4, 0.5) is 5.69 Å². The standard InChI is InChI=1S/C12H13BrN2O3S/c1-2-7-19-8-6-14-12(16)9-4-3-5-10(11(9)13)15(17)18/h2-5H,1,6-8H2,(H,14,16). The summed E-state index contributed by atoms with van der Waals surface area (Å²) in [5.41, 5.74) is 0.150. The Hall–Kier alpha value is -1.34. The van der Waals surface area contributed by atoms with Gasteiger partial charge >= 0.3 is 0 Å². The van der Waals surface area contributed by atoms with Gasteiger partial charge < -0.3 is 5.32 Å². The van der Waals surface area contributed by atoms with Crippen molar-refractivity contribution in [3.05, 3.63) is 51.0 Å². The molecule has 1 amide bonds. The largest absolute Gasteiger partial charge is 0.351 e. The number of nitrogens with one attached hydrogen (secondary N) is 1. The molecule has 1 N–H and O–H groups in total. The summed E-state index contributed by atoms with van der Waals surface area (Å²) in [7, 11) is 0. The zero-order valence-electron chi connectivity index (χ0n) is 10.1. The molecule has 0 heterocycles. The van der Waals surface area contributed by atoms with Gasteiger partial charge in [-0.3, -0.25) is 14.9 Å². The second-order valence-corrected chi connectivity index (χ2v) is 5.46. The van der Waals surface area contributed by atoms with Gasteiger partial charge in [0.15, 0.2) is 0 Å². The molecule has 0 saturated carbocycles. The summed E-state index contributed by atoms with van der Waals surface area (Å²) in [5.74, 6) is 1.27. The second kappa shape index (κ2) is 7.96. The van der Waals surface area contributed by atoms with E-state index < -0.39 is 4.92 Å². The summed E-state index contributed by atoms with van der Waals surface area (Å²) in [4.78, 5) is 22.1. The molecular weight excluding hydrogens is 332 g/mol. The zero-order chi connectivity index (χ0) is 14.3. The van der Waals surface area contributed by atoms with Crippen LogP contribution in [0, 0.1) is 10.1 Å². The number of nitro benzene ring substituents is 1. The van der Waals surface area contributed by atoms with Gasteiger partial charge in [0.25, 0.3) is 11.6 Å². The first-order valence-electron chi connectivity index (χ1n) is 5.47. The predicted molar refractivity (Wildman–Crippen MR) is 80.7 cm³/mol. The van der Waals surface area contributed by atoms with Gasteiger partial charge in [-0.1, -0.05) is 12.1 Å². The van der Waals surface area contributed by atoms with E-state index in [0.29, 0.717) is 6.54 Å². The van der Waals surface area contributed by atoms with E-state index in [0.717, 1.165) is 11.5 Å². The Bertz CT molecular complexity index is 494. The molecule has 1 rings (SSSR count). The maximum absolute atomic E-state index is 11.9. The van der Waals surface area contributed by atoms with E-state index in [2.05, 4.69) is 27.8 Å². The monoisotopic (exact) mass is 344 g/mol. The fourth-order valence-corrected chi connectivity index (χ4v) is 2.50. The van der Waals surface area contributed by atoms with Crippen molar-refractivity contribution in [2.45, 2.75) is 0 Å². The maximum Gasteiger partial charge on any atom is 0.284 e. The molecule has 1 aromatic rings. The van der Waals surface area contributed by atoms with Gasteiger partial charge in [0.2, 0.25) is 0 Å². The van der Waals surface area contributed by atoms with Crippen molar-refractivity contribution >= 4 is 39.3 Å². The molecule has 5 nitrogen and oxygen atoms in total. The molecule has 0 bridgehead atoms. The lowest BCUT2D eigenvalue weighted by Gasteiger charge is -2.06. The number of amides is 1.